The average Bonchev–Trinajstić information content (AvgIpc) is 2.82. The standard InChI is InChI=1S/C25H29NO6/c1-3-14-28-23-21(26-17(2)27)25(29-15-18-10-6-4-7-11-18)31-20-16-30-24(32-22(20)23)19-12-8-5-9-13-19/h3-13,20-25H,1,14-16H2,2H3,(H,26,27)/t20-,21-,22-,23+,24-,25-/m1/s1. The number of hydrogen-bond acceptors (Lipinski definition) is 6. The number of carbonyl (C=O) groups is 1. The van der Waals surface area contributed by atoms with E-state index in [1.54, 1.807) is 6.08 Å². The third-order valence-electron chi connectivity index (χ3n) is 5.44. The molecule has 0 aromatic heterocycles. The van der Waals surface area contributed by atoms with Gasteiger partial charge in [-0.15, -0.1) is 6.58 Å². The smallest absolute Gasteiger partial charge is 0.217 e. The third-order valence-corrected chi connectivity index (χ3v) is 5.44. The van der Waals surface area contributed by atoms with Gasteiger partial charge in [-0.1, -0.05) is 66.7 Å². The van der Waals surface area contributed by atoms with Crippen LogP contribution in [0.4, 0.5) is 0 Å². The van der Waals surface area contributed by atoms with Crippen LogP contribution in [0, 0.1) is 0 Å². The molecule has 32 heavy (non-hydrogen) atoms. The van der Waals surface area contributed by atoms with Gasteiger partial charge in [-0.05, 0) is 5.56 Å². The molecule has 2 aromatic carbocycles. The minimum Gasteiger partial charge on any atom is -0.369 e. The summed E-state index contributed by atoms with van der Waals surface area (Å²) in [6, 6.07) is 18.9. The molecule has 0 bridgehead atoms. The van der Waals surface area contributed by atoms with Gasteiger partial charge in [0.05, 0.1) is 19.8 Å². The number of nitrogens with one attached hydrogen (secondary N) is 1. The largest absolute Gasteiger partial charge is 0.369 e. The number of hydrogen-bond donors (Lipinski definition) is 1. The molecule has 0 saturated carbocycles. The van der Waals surface area contributed by atoms with E-state index in [1.807, 2.05) is 60.7 Å². The lowest BCUT2D eigenvalue weighted by molar-refractivity contribution is -0.349. The van der Waals surface area contributed by atoms with Crippen LogP contribution in [0.25, 0.3) is 0 Å². The summed E-state index contributed by atoms with van der Waals surface area (Å²) in [5.74, 6) is -0.204. The van der Waals surface area contributed by atoms with Gasteiger partial charge in [0.15, 0.2) is 12.6 Å². The SMILES string of the molecule is C=CCO[C@H]1[C@@H](NC(C)=O)[C@H](OCc2ccccc2)O[C@@H]2CO[C@@H](c3ccccc3)O[C@@H]12. The average molecular weight is 440 g/mol. The molecule has 7 heteroatoms. The first kappa shape index (κ1) is 22.6. The van der Waals surface area contributed by atoms with Crippen LogP contribution >= 0.6 is 0 Å². The van der Waals surface area contributed by atoms with Crippen LogP contribution in [-0.4, -0.2) is 49.8 Å². The minimum atomic E-state index is -0.726. The molecule has 4 rings (SSSR count). The van der Waals surface area contributed by atoms with Crippen molar-refractivity contribution in [2.24, 2.45) is 0 Å². The van der Waals surface area contributed by atoms with E-state index in [-0.39, 0.29) is 5.91 Å². The monoisotopic (exact) mass is 439 g/mol. The molecule has 2 aliphatic rings. The molecule has 1 amide bonds. The first-order valence-electron chi connectivity index (χ1n) is 10.8. The summed E-state index contributed by atoms with van der Waals surface area (Å²) in [7, 11) is 0. The predicted octanol–water partition coefficient (Wildman–Crippen LogP) is 3.12. The predicted molar refractivity (Wildman–Crippen MR) is 117 cm³/mol. The van der Waals surface area contributed by atoms with Gasteiger partial charge in [-0.2, -0.15) is 0 Å². The number of ether oxygens (including phenoxy) is 5. The third kappa shape index (κ3) is 5.43. The van der Waals surface area contributed by atoms with Crippen molar-refractivity contribution in [2.45, 2.75) is 50.5 Å². The van der Waals surface area contributed by atoms with Crippen molar-refractivity contribution in [3.63, 3.8) is 0 Å². The van der Waals surface area contributed by atoms with Gasteiger partial charge >= 0.3 is 0 Å². The van der Waals surface area contributed by atoms with Crippen molar-refractivity contribution in [1.82, 2.24) is 5.32 Å². The Kier molecular flexibility index (Phi) is 7.68. The summed E-state index contributed by atoms with van der Waals surface area (Å²) < 4.78 is 30.7. The fourth-order valence-electron chi connectivity index (χ4n) is 4.01. The molecule has 2 fully saturated rings. The highest BCUT2D eigenvalue weighted by molar-refractivity contribution is 5.73. The van der Waals surface area contributed by atoms with Gasteiger partial charge in [0.2, 0.25) is 5.91 Å². The van der Waals surface area contributed by atoms with Crippen molar-refractivity contribution in [3.8, 4) is 0 Å². The molecule has 170 valence electrons. The number of fused-ring (bicyclic) bond motifs is 1. The molecule has 6 atom stereocenters. The Bertz CT molecular complexity index is 877. The van der Waals surface area contributed by atoms with E-state index in [9.17, 15) is 4.79 Å². The number of rotatable bonds is 8. The van der Waals surface area contributed by atoms with Crippen molar-refractivity contribution in [1.29, 1.82) is 0 Å². The van der Waals surface area contributed by atoms with E-state index in [2.05, 4.69) is 11.9 Å². The lowest BCUT2D eigenvalue weighted by Crippen LogP contribution is -2.67. The van der Waals surface area contributed by atoms with Gasteiger partial charge < -0.3 is 29.0 Å². The molecule has 0 spiro atoms. The summed E-state index contributed by atoms with van der Waals surface area (Å²) in [6.07, 6.45) is -0.973. The van der Waals surface area contributed by atoms with E-state index in [0.717, 1.165) is 11.1 Å². The zero-order chi connectivity index (χ0) is 22.3. The maximum absolute atomic E-state index is 12.0. The van der Waals surface area contributed by atoms with E-state index in [0.29, 0.717) is 19.8 Å². The summed E-state index contributed by atoms with van der Waals surface area (Å²) >= 11 is 0. The van der Waals surface area contributed by atoms with Crippen LogP contribution in [0.1, 0.15) is 24.3 Å². The fraction of sp³-hybridized carbons (Fsp3) is 0.400. The topological polar surface area (TPSA) is 75.3 Å². The van der Waals surface area contributed by atoms with Crippen molar-refractivity contribution in [2.75, 3.05) is 13.2 Å². The first-order valence-corrected chi connectivity index (χ1v) is 10.8. The number of benzene rings is 2. The zero-order valence-corrected chi connectivity index (χ0v) is 18.1. The molecule has 2 aromatic rings. The molecule has 0 unspecified atom stereocenters. The Morgan fingerprint density at radius 1 is 1.09 bits per heavy atom. The van der Waals surface area contributed by atoms with E-state index < -0.39 is 36.9 Å². The highest BCUT2D eigenvalue weighted by atomic mass is 16.7. The van der Waals surface area contributed by atoms with Crippen molar-refractivity contribution >= 4 is 5.91 Å². The van der Waals surface area contributed by atoms with Gasteiger partial charge in [0, 0.05) is 12.5 Å². The Labute approximate surface area is 188 Å². The lowest BCUT2D eigenvalue weighted by Gasteiger charge is -2.49. The first-order chi connectivity index (χ1) is 15.7. The van der Waals surface area contributed by atoms with Crippen molar-refractivity contribution in [3.05, 3.63) is 84.4 Å². The van der Waals surface area contributed by atoms with Crippen LogP contribution in [-0.2, 0) is 35.1 Å². The Morgan fingerprint density at radius 2 is 1.81 bits per heavy atom. The van der Waals surface area contributed by atoms with Crippen LogP contribution in [0.5, 0.6) is 0 Å². The minimum absolute atomic E-state index is 0.204. The van der Waals surface area contributed by atoms with Gasteiger partial charge in [-0.3, -0.25) is 4.79 Å². The normalized spacial score (nSPS) is 29.7. The summed E-state index contributed by atoms with van der Waals surface area (Å²) in [5.41, 5.74) is 1.91. The molecule has 0 radical (unpaired) electrons. The highest BCUT2D eigenvalue weighted by Crippen LogP contribution is 2.35. The molecular weight excluding hydrogens is 410 g/mol. The van der Waals surface area contributed by atoms with Crippen LogP contribution in [0.15, 0.2) is 73.3 Å². The maximum atomic E-state index is 12.0. The molecule has 2 aliphatic heterocycles. The maximum Gasteiger partial charge on any atom is 0.217 e. The fourth-order valence-corrected chi connectivity index (χ4v) is 4.01. The highest BCUT2D eigenvalue weighted by Gasteiger charge is 2.51. The summed E-state index contributed by atoms with van der Waals surface area (Å²) in [6.45, 7) is 6.16. The van der Waals surface area contributed by atoms with Crippen molar-refractivity contribution < 1.29 is 28.5 Å². The molecule has 7 nitrogen and oxygen atoms in total. The molecule has 1 N–H and O–H groups in total. The van der Waals surface area contributed by atoms with Gasteiger partial charge in [0.1, 0.15) is 24.4 Å². The number of amides is 1. The Balaban J connectivity index is 1.55. The summed E-state index contributed by atoms with van der Waals surface area (Å²) in [4.78, 5) is 12.0. The quantitative estimate of drug-likeness (QED) is 0.637. The summed E-state index contributed by atoms with van der Waals surface area (Å²) in [5, 5.41) is 2.95. The van der Waals surface area contributed by atoms with E-state index in [1.165, 1.54) is 6.92 Å². The zero-order valence-electron chi connectivity index (χ0n) is 18.1. The van der Waals surface area contributed by atoms with Gasteiger partial charge in [-0.25, -0.2) is 0 Å². The molecule has 2 saturated heterocycles. The van der Waals surface area contributed by atoms with Crippen LogP contribution < -0.4 is 5.32 Å². The lowest BCUT2D eigenvalue weighted by atomic mass is 9.95. The second-order valence-corrected chi connectivity index (χ2v) is 7.83. The second kappa shape index (κ2) is 10.8. The van der Waals surface area contributed by atoms with E-state index >= 15 is 0 Å². The Hall–Kier alpha value is -2.55. The molecule has 2 heterocycles. The molecular formula is C25H29NO6. The van der Waals surface area contributed by atoms with Crippen LogP contribution in [0.3, 0.4) is 0 Å². The number of carbonyl (C=O) groups excluding carboxylic acids is 1. The molecule has 0 aliphatic carbocycles. The second-order valence-electron chi connectivity index (χ2n) is 7.83. The Morgan fingerprint density at radius 3 is 2.50 bits per heavy atom. The van der Waals surface area contributed by atoms with Crippen LogP contribution in [0.2, 0.25) is 0 Å². The van der Waals surface area contributed by atoms with Gasteiger partial charge in [0.25, 0.3) is 0 Å². The van der Waals surface area contributed by atoms with E-state index in [4.69, 9.17) is 23.7 Å².